The number of carbonyl (C=O) groups is 1. The molecule has 1 aliphatic heterocycles. The first-order valence-electron chi connectivity index (χ1n) is 7.13. The summed E-state index contributed by atoms with van der Waals surface area (Å²) in [5.41, 5.74) is 7.46. The lowest BCUT2D eigenvalue weighted by Crippen LogP contribution is -2.27. The Hall–Kier alpha value is -1.59. The van der Waals surface area contributed by atoms with Gasteiger partial charge in [0.05, 0.1) is 0 Å². The van der Waals surface area contributed by atoms with E-state index in [1.807, 2.05) is 31.2 Å². The maximum absolute atomic E-state index is 11.6. The summed E-state index contributed by atoms with van der Waals surface area (Å²) in [7, 11) is 0. The van der Waals surface area contributed by atoms with E-state index in [-0.39, 0.29) is 11.9 Å². The van der Waals surface area contributed by atoms with E-state index in [0.717, 1.165) is 37.4 Å². The van der Waals surface area contributed by atoms with Crippen molar-refractivity contribution in [1.29, 1.82) is 0 Å². The van der Waals surface area contributed by atoms with Crippen molar-refractivity contribution in [3.8, 4) is 0 Å². The lowest BCUT2D eigenvalue weighted by Gasteiger charge is -2.24. The molecule has 0 saturated carbocycles. The van der Waals surface area contributed by atoms with Crippen molar-refractivity contribution in [1.82, 2.24) is 0 Å². The first-order valence-corrected chi connectivity index (χ1v) is 7.13. The average Bonchev–Trinajstić information content (AvgIpc) is 2.41. The Morgan fingerprint density at radius 1 is 1.30 bits per heavy atom. The highest BCUT2D eigenvalue weighted by atomic mass is 16.5. The third-order valence-corrected chi connectivity index (χ3v) is 3.27. The molecule has 1 aromatic rings. The van der Waals surface area contributed by atoms with E-state index >= 15 is 0 Å². The fourth-order valence-electron chi connectivity index (χ4n) is 2.23. The number of nitrogens with two attached hydrogens (primary N) is 1. The molecule has 1 heterocycles. The Bertz CT molecular complexity index is 425. The molecule has 1 unspecified atom stereocenters. The molecule has 1 aliphatic rings. The van der Waals surface area contributed by atoms with E-state index in [2.05, 4.69) is 10.6 Å². The second kappa shape index (κ2) is 7.26. The van der Waals surface area contributed by atoms with Crippen LogP contribution in [0.1, 0.15) is 26.2 Å². The normalized spacial score (nSPS) is 17.5. The van der Waals surface area contributed by atoms with Crippen molar-refractivity contribution in [3.05, 3.63) is 24.3 Å². The molecule has 0 bridgehead atoms. The molecule has 0 aromatic heterocycles. The molecule has 5 heteroatoms. The zero-order chi connectivity index (χ0) is 14.4. The lowest BCUT2D eigenvalue weighted by molar-refractivity contribution is -0.116. The molecule has 110 valence electrons. The zero-order valence-corrected chi connectivity index (χ0v) is 11.9. The van der Waals surface area contributed by atoms with E-state index in [4.69, 9.17) is 10.5 Å². The Balaban J connectivity index is 1.84. The fourth-order valence-corrected chi connectivity index (χ4v) is 2.23. The van der Waals surface area contributed by atoms with Crippen LogP contribution in [0, 0.1) is 0 Å². The van der Waals surface area contributed by atoms with Crippen LogP contribution in [0.3, 0.4) is 0 Å². The number of carbonyl (C=O) groups excluding carboxylic acids is 1. The molecule has 1 atom stereocenters. The van der Waals surface area contributed by atoms with E-state index in [1.54, 1.807) is 0 Å². The molecule has 4 N–H and O–H groups in total. The van der Waals surface area contributed by atoms with Gasteiger partial charge in [-0.3, -0.25) is 4.79 Å². The maximum atomic E-state index is 11.6. The van der Waals surface area contributed by atoms with Crippen LogP contribution in [-0.4, -0.2) is 31.2 Å². The van der Waals surface area contributed by atoms with Gasteiger partial charge in [-0.2, -0.15) is 0 Å². The Kier molecular flexibility index (Phi) is 5.38. The van der Waals surface area contributed by atoms with Gasteiger partial charge in [-0.05, 0) is 44.0 Å². The summed E-state index contributed by atoms with van der Waals surface area (Å²) in [5.74, 6) is -0.0508. The van der Waals surface area contributed by atoms with Crippen molar-refractivity contribution in [3.63, 3.8) is 0 Å². The van der Waals surface area contributed by atoms with Gasteiger partial charge in [0, 0.05) is 43.1 Å². The number of anilines is 2. The van der Waals surface area contributed by atoms with Gasteiger partial charge in [0.1, 0.15) is 0 Å². The minimum absolute atomic E-state index is 0.0508. The van der Waals surface area contributed by atoms with E-state index < -0.39 is 0 Å². The fraction of sp³-hybridized carbons (Fsp3) is 0.533. The van der Waals surface area contributed by atoms with Crippen LogP contribution in [0.25, 0.3) is 0 Å². The molecule has 2 rings (SSSR count). The van der Waals surface area contributed by atoms with Gasteiger partial charge in [-0.15, -0.1) is 0 Å². The number of hydrogen-bond donors (Lipinski definition) is 3. The maximum Gasteiger partial charge on any atom is 0.225 e. The van der Waals surface area contributed by atoms with Crippen LogP contribution in [0.15, 0.2) is 24.3 Å². The van der Waals surface area contributed by atoms with Gasteiger partial charge in [0.2, 0.25) is 5.91 Å². The summed E-state index contributed by atoms with van der Waals surface area (Å²) >= 11 is 0. The Morgan fingerprint density at radius 3 is 2.50 bits per heavy atom. The molecule has 1 aromatic carbocycles. The van der Waals surface area contributed by atoms with Crippen molar-refractivity contribution >= 4 is 17.3 Å². The molecule has 1 amide bonds. The molecule has 5 nitrogen and oxygen atoms in total. The lowest BCUT2D eigenvalue weighted by atomic mass is 10.1. The second-order valence-corrected chi connectivity index (χ2v) is 5.34. The molecular weight excluding hydrogens is 254 g/mol. The highest BCUT2D eigenvalue weighted by molar-refractivity contribution is 5.91. The van der Waals surface area contributed by atoms with Gasteiger partial charge >= 0.3 is 0 Å². The highest BCUT2D eigenvalue weighted by Crippen LogP contribution is 2.18. The van der Waals surface area contributed by atoms with Crippen LogP contribution >= 0.6 is 0 Å². The van der Waals surface area contributed by atoms with Crippen LogP contribution in [-0.2, 0) is 9.53 Å². The van der Waals surface area contributed by atoms with Crippen molar-refractivity contribution in [2.45, 2.75) is 38.3 Å². The summed E-state index contributed by atoms with van der Waals surface area (Å²) in [5, 5.41) is 6.32. The number of ether oxygens (including phenoxy) is 1. The third-order valence-electron chi connectivity index (χ3n) is 3.27. The van der Waals surface area contributed by atoms with Gasteiger partial charge in [-0.25, -0.2) is 0 Å². The van der Waals surface area contributed by atoms with Crippen molar-refractivity contribution in [2.75, 3.05) is 23.8 Å². The Morgan fingerprint density at radius 2 is 1.90 bits per heavy atom. The predicted octanol–water partition coefficient (Wildman–Crippen LogP) is 1.95. The minimum atomic E-state index is -0.121. The van der Waals surface area contributed by atoms with Gasteiger partial charge < -0.3 is 21.1 Å². The summed E-state index contributed by atoms with van der Waals surface area (Å²) in [6.45, 7) is 3.46. The topological polar surface area (TPSA) is 76.4 Å². The van der Waals surface area contributed by atoms with Crippen molar-refractivity contribution < 1.29 is 9.53 Å². The van der Waals surface area contributed by atoms with Crippen LogP contribution in [0.5, 0.6) is 0 Å². The third kappa shape index (κ3) is 4.83. The number of rotatable bonds is 5. The second-order valence-electron chi connectivity index (χ2n) is 5.34. The van der Waals surface area contributed by atoms with E-state index in [0.29, 0.717) is 12.5 Å². The van der Waals surface area contributed by atoms with Gasteiger partial charge in [-0.1, -0.05) is 0 Å². The largest absolute Gasteiger partial charge is 0.382 e. The monoisotopic (exact) mass is 277 g/mol. The number of nitrogens with one attached hydrogen (secondary N) is 2. The Labute approximate surface area is 119 Å². The zero-order valence-electron chi connectivity index (χ0n) is 11.9. The molecule has 1 saturated heterocycles. The first kappa shape index (κ1) is 14.8. The number of hydrogen-bond acceptors (Lipinski definition) is 4. The summed E-state index contributed by atoms with van der Waals surface area (Å²) in [6, 6.07) is 8.13. The molecular formula is C15H23N3O2. The smallest absolute Gasteiger partial charge is 0.225 e. The molecule has 0 spiro atoms. The standard InChI is InChI=1S/C15H23N3O2/c1-11(16)10-15(19)18-13-4-2-12(3-5-13)17-14-6-8-20-9-7-14/h2-5,11,14,17H,6-10,16H2,1H3,(H,18,19). The van der Waals surface area contributed by atoms with Crippen LogP contribution in [0.2, 0.25) is 0 Å². The summed E-state index contributed by atoms with van der Waals surface area (Å²) in [6.07, 6.45) is 2.40. The SMILES string of the molecule is CC(N)CC(=O)Nc1ccc(NC2CCOCC2)cc1. The first-order chi connectivity index (χ1) is 9.63. The predicted molar refractivity (Wildman–Crippen MR) is 80.8 cm³/mol. The van der Waals surface area contributed by atoms with Crippen molar-refractivity contribution in [2.24, 2.45) is 5.73 Å². The molecule has 1 fully saturated rings. The average molecular weight is 277 g/mol. The van der Waals surface area contributed by atoms with Gasteiger partial charge in [0.25, 0.3) is 0 Å². The summed E-state index contributed by atoms with van der Waals surface area (Å²) in [4.78, 5) is 11.6. The van der Waals surface area contributed by atoms with Gasteiger partial charge in [0.15, 0.2) is 0 Å². The quantitative estimate of drug-likeness (QED) is 0.769. The molecule has 20 heavy (non-hydrogen) atoms. The molecule has 0 aliphatic carbocycles. The minimum Gasteiger partial charge on any atom is -0.382 e. The highest BCUT2D eigenvalue weighted by Gasteiger charge is 2.13. The van der Waals surface area contributed by atoms with Crippen LogP contribution < -0.4 is 16.4 Å². The van der Waals surface area contributed by atoms with Crippen LogP contribution in [0.4, 0.5) is 11.4 Å². The van der Waals surface area contributed by atoms with E-state index in [1.165, 1.54) is 0 Å². The number of amides is 1. The van der Waals surface area contributed by atoms with E-state index in [9.17, 15) is 4.79 Å². The number of benzene rings is 1. The summed E-state index contributed by atoms with van der Waals surface area (Å²) < 4.78 is 5.33. The molecule has 0 radical (unpaired) electrons.